The summed E-state index contributed by atoms with van der Waals surface area (Å²) in [5.41, 5.74) is 33.0. The Bertz CT molecular complexity index is 1090. The summed E-state index contributed by atoms with van der Waals surface area (Å²) in [6, 6.07) is 15.9. The lowest BCUT2D eigenvalue weighted by atomic mass is 9.95. The van der Waals surface area contributed by atoms with Gasteiger partial charge in [-0.05, 0) is 48.9 Å². The van der Waals surface area contributed by atoms with E-state index in [0.717, 1.165) is 62.5 Å². The van der Waals surface area contributed by atoms with Crippen molar-refractivity contribution in [2.24, 2.45) is 10.2 Å². The van der Waals surface area contributed by atoms with E-state index in [9.17, 15) is 0 Å². The van der Waals surface area contributed by atoms with E-state index >= 15 is 0 Å². The molecule has 0 aliphatic heterocycles. The molecule has 0 unspecified atom stereocenters. The Morgan fingerprint density at radius 2 is 0.750 bits per heavy atom. The molecule has 10 heteroatoms. The summed E-state index contributed by atoms with van der Waals surface area (Å²) in [4.78, 5) is 5.62. The first-order valence-electron chi connectivity index (χ1n) is 18.6. The van der Waals surface area contributed by atoms with Gasteiger partial charge < -0.3 is 20.9 Å². The average Bonchev–Trinajstić information content (AvgIpc) is 3.10. The molecular formula is C38H62N8O2. The van der Waals surface area contributed by atoms with Gasteiger partial charge in [-0.2, -0.15) is 0 Å². The van der Waals surface area contributed by atoms with Gasteiger partial charge in [0.15, 0.2) is 0 Å². The molecule has 0 heterocycles. The van der Waals surface area contributed by atoms with Gasteiger partial charge in [0.1, 0.15) is 12.2 Å². The molecule has 0 bridgehead atoms. The van der Waals surface area contributed by atoms with Crippen LogP contribution in [-0.2, 0) is 9.47 Å². The fourth-order valence-corrected chi connectivity index (χ4v) is 6.13. The van der Waals surface area contributed by atoms with Crippen molar-refractivity contribution in [3.8, 4) is 0 Å². The number of nitrogen functional groups attached to an aromatic ring is 2. The van der Waals surface area contributed by atoms with Gasteiger partial charge in [-0.25, -0.2) is 0 Å². The largest absolute Gasteiger partial charge is 0.398 e. The van der Waals surface area contributed by atoms with E-state index in [-0.39, 0.29) is 12.2 Å². The van der Waals surface area contributed by atoms with Crippen molar-refractivity contribution in [2.45, 2.75) is 141 Å². The molecule has 0 aliphatic carbocycles. The number of hydrogen-bond donors (Lipinski definition) is 2. The van der Waals surface area contributed by atoms with Crippen LogP contribution in [0.15, 0.2) is 58.8 Å². The van der Waals surface area contributed by atoms with E-state index in [4.69, 9.17) is 32.0 Å². The van der Waals surface area contributed by atoms with Crippen molar-refractivity contribution in [1.29, 1.82) is 0 Å². The third-order valence-electron chi connectivity index (χ3n) is 8.91. The number of ether oxygens (including phenoxy) is 2. The van der Waals surface area contributed by atoms with Gasteiger partial charge in [-0.1, -0.05) is 149 Å². The molecule has 0 amide bonds. The van der Waals surface area contributed by atoms with E-state index in [0.29, 0.717) is 37.7 Å². The van der Waals surface area contributed by atoms with Crippen LogP contribution in [0, 0.1) is 0 Å². The maximum atomic E-state index is 8.35. The predicted molar refractivity (Wildman–Crippen MR) is 199 cm³/mol. The van der Waals surface area contributed by atoms with Crippen molar-refractivity contribution in [3.63, 3.8) is 0 Å². The standard InChI is InChI=1S/C38H62N8O2/c39-35-27-19-17-25-33(35)37(47-31-23-15-11-7-3-1-5-9-13-21-29-43-45-41)38(34-26-18-20-28-36(34)40)48-32-24-16-12-8-4-2-6-10-14-22-30-44-46-42/h17-20,25-28,37-38H,1-16,21-24,29-32,39-40H2/t37-,38-/m1/s1. The summed E-state index contributed by atoms with van der Waals surface area (Å²) in [7, 11) is 0. The van der Waals surface area contributed by atoms with Crippen molar-refractivity contribution in [2.75, 3.05) is 37.8 Å². The van der Waals surface area contributed by atoms with Gasteiger partial charge in [0.05, 0.1) is 0 Å². The van der Waals surface area contributed by atoms with Crippen LogP contribution in [0.2, 0.25) is 0 Å². The minimum Gasteiger partial charge on any atom is -0.398 e. The summed E-state index contributed by atoms with van der Waals surface area (Å²) < 4.78 is 13.3. The Labute approximate surface area is 289 Å². The second kappa shape index (κ2) is 28.6. The van der Waals surface area contributed by atoms with Crippen molar-refractivity contribution in [3.05, 3.63) is 80.5 Å². The number of unbranched alkanes of at least 4 members (excludes halogenated alkanes) is 18. The van der Waals surface area contributed by atoms with Gasteiger partial charge in [0.2, 0.25) is 0 Å². The molecule has 0 aliphatic rings. The number of para-hydroxylation sites is 2. The second-order valence-corrected chi connectivity index (χ2v) is 12.8. The molecule has 0 fully saturated rings. The van der Waals surface area contributed by atoms with Gasteiger partial charge in [-0.15, -0.1) is 0 Å². The third-order valence-corrected chi connectivity index (χ3v) is 8.91. The first kappa shape index (κ1) is 40.8. The van der Waals surface area contributed by atoms with E-state index in [1.807, 2.05) is 48.5 Å². The zero-order valence-electron chi connectivity index (χ0n) is 29.4. The monoisotopic (exact) mass is 662 g/mol. The number of azide groups is 2. The number of hydrogen-bond acceptors (Lipinski definition) is 6. The molecule has 0 saturated heterocycles. The minimum absolute atomic E-state index is 0.346. The highest BCUT2D eigenvalue weighted by atomic mass is 16.5. The number of rotatable bonds is 31. The van der Waals surface area contributed by atoms with E-state index in [2.05, 4.69) is 20.1 Å². The number of nitrogens with zero attached hydrogens (tertiary/aromatic N) is 6. The lowest BCUT2D eigenvalue weighted by Crippen LogP contribution is -2.21. The Morgan fingerprint density at radius 3 is 1.06 bits per heavy atom. The van der Waals surface area contributed by atoms with Crippen LogP contribution in [0.3, 0.4) is 0 Å². The molecular weight excluding hydrogens is 600 g/mol. The van der Waals surface area contributed by atoms with Gasteiger partial charge in [0, 0.05) is 58.6 Å². The van der Waals surface area contributed by atoms with E-state index in [1.54, 1.807) is 0 Å². The van der Waals surface area contributed by atoms with Gasteiger partial charge >= 0.3 is 0 Å². The Hall–Kier alpha value is -3.42. The summed E-state index contributed by atoms with van der Waals surface area (Å²) in [5.74, 6) is 0. The third kappa shape index (κ3) is 18.8. The normalized spacial score (nSPS) is 12.2. The molecule has 48 heavy (non-hydrogen) atoms. The van der Waals surface area contributed by atoms with Crippen LogP contribution < -0.4 is 11.5 Å². The highest BCUT2D eigenvalue weighted by Gasteiger charge is 2.29. The highest BCUT2D eigenvalue weighted by molar-refractivity contribution is 5.52. The summed E-state index contributed by atoms with van der Waals surface area (Å²) in [5, 5.41) is 7.20. The molecule has 2 atom stereocenters. The molecule has 0 spiro atoms. The van der Waals surface area contributed by atoms with Gasteiger partial charge in [-0.3, -0.25) is 0 Å². The molecule has 266 valence electrons. The first-order chi connectivity index (χ1) is 23.7. The van der Waals surface area contributed by atoms with Crippen molar-refractivity contribution < 1.29 is 9.47 Å². The maximum absolute atomic E-state index is 8.35. The van der Waals surface area contributed by atoms with E-state index in [1.165, 1.54) is 77.0 Å². The predicted octanol–water partition coefficient (Wildman–Crippen LogP) is 12.1. The maximum Gasteiger partial charge on any atom is 0.115 e. The highest BCUT2D eigenvalue weighted by Crippen LogP contribution is 2.40. The van der Waals surface area contributed by atoms with Crippen molar-refractivity contribution in [1.82, 2.24) is 0 Å². The fourth-order valence-electron chi connectivity index (χ4n) is 6.13. The van der Waals surface area contributed by atoms with Crippen molar-refractivity contribution >= 4 is 11.4 Å². The topological polar surface area (TPSA) is 168 Å². The molecule has 0 saturated carbocycles. The second-order valence-electron chi connectivity index (χ2n) is 12.8. The number of benzene rings is 2. The zero-order chi connectivity index (χ0) is 34.3. The Morgan fingerprint density at radius 1 is 0.458 bits per heavy atom. The SMILES string of the molecule is [N-]=[N+]=NCCCCCCCCCCCCO[C@H](c1ccccc1N)[C@H](OCCCCCCCCCCCCN=[N+]=[N-])c1ccccc1N. The molecule has 2 aromatic rings. The molecule has 4 N–H and O–H groups in total. The molecule has 10 nitrogen and oxygen atoms in total. The van der Waals surface area contributed by atoms with E-state index < -0.39 is 0 Å². The van der Waals surface area contributed by atoms with Crippen LogP contribution in [-0.4, -0.2) is 26.3 Å². The number of nitrogens with two attached hydrogens (primary N) is 2. The summed E-state index contributed by atoms with van der Waals surface area (Å²) >= 11 is 0. The Kier molecular flexibility index (Phi) is 24.3. The van der Waals surface area contributed by atoms with Crippen LogP contribution in [0.25, 0.3) is 20.9 Å². The first-order valence-corrected chi connectivity index (χ1v) is 18.6. The molecule has 0 radical (unpaired) electrons. The van der Waals surface area contributed by atoms with Crippen LogP contribution in [0.1, 0.15) is 152 Å². The fraction of sp³-hybridized carbons (Fsp3) is 0.684. The van der Waals surface area contributed by atoms with Crippen LogP contribution in [0.5, 0.6) is 0 Å². The number of anilines is 2. The average molecular weight is 663 g/mol. The lowest BCUT2D eigenvalue weighted by Gasteiger charge is -2.30. The smallest absolute Gasteiger partial charge is 0.115 e. The zero-order valence-corrected chi connectivity index (χ0v) is 29.4. The van der Waals surface area contributed by atoms with Crippen LogP contribution >= 0.6 is 0 Å². The van der Waals surface area contributed by atoms with Gasteiger partial charge in [0.25, 0.3) is 0 Å². The Balaban J connectivity index is 1.79. The molecule has 2 rings (SSSR count). The quantitative estimate of drug-likeness (QED) is 0.0269. The van der Waals surface area contributed by atoms with Crippen LogP contribution in [0.4, 0.5) is 11.4 Å². The minimum atomic E-state index is -0.346. The summed E-state index contributed by atoms with van der Waals surface area (Å²) in [6.07, 6.45) is 22.8. The molecule has 0 aromatic heterocycles. The lowest BCUT2D eigenvalue weighted by molar-refractivity contribution is -0.0792. The summed E-state index contributed by atoms with van der Waals surface area (Å²) in [6.45, 7) is 2.52. The molecule has 2 aromatic carbocycles.